The molecule has 4 aromatic heterocycles. The van der Waals surface area contributed by atoms with Gasteiger partial charge in [0.2, 0.25) is 17.8 Å². The van der Waals surface area contributed by atoms with E-state index in [0.717, 1.165) is 140 Å². The van der Waals surface area contributed by atoms with Gasteiger partial charge in [0, 0.05) is 33.1 Å². The second kappa shape index (κ2) is 24.9. The molecule has 6 heterocycles. The first-order valence-corrected chi connectivity index (χ1v) is 29.9. The molecule has 5 aromatic carbocycles. The first-order chi connectivity index (χ1) is 40.1. The SMILES string of the molecule is C#CC.C=C/C=C\C(=C/C)C1Nc2ccc3c(c2S1)N(c1nc(-n2c4c(c5ccc(N=C(C)C(/C=C\CC)=C/C)c(C)c52)CCC=C4)nc(-n2c4ccccc4c4ccc5nc(-c6ccccc6)sc5c42)n1)C(=C)/C=C\C(C)=C/C3.CC. The smallest absolute Gasteiger partial charge is 0.241 e. The highest BCUT2D eigenvalue weighted by Crippen LogP contribution is 2.51. The first-order valence-electron chi connectivity index (χ1n) is 28.2. The van der Waals surface area contributed by atoms with Crippen molar-refractivity contribution in [3.63, 3.8) is 0 Å². The van der Waals surface area contributed by atoms with E-state index in [4.69, 9.17) is 31.5 Å². The number of benzene rings is 5. The molecule has 0 amide bonds. The predicted molar refractivity (Wildman–Crippen MR) is 354 cm³/mol. The van der Waals surface area contributed by atoms with Crippen LogP contribution in [-0.4, -0.2) is 40.2 Å². The van der Waals surface area contributed by atoms with Crippen LogP contribution in [0.25, 0.3) is 71.5 Å². The molecule has 0 radical (unpaired) electrons. The summed E-state index contributed by atoms with van der Waals surface area (Å²) in [7, 11) is 0. The topological polar surface area (TPSA) is 89.0 Å². The molecule has 9 aromatic rings. The highest BCUT2D eigenvalue weighted by atomic mass is 32.2. The molecule has 1 atom stereocenters. The summed E-state index contributed by atoms with van der Waals surface area (Å²) in [6, 6.07) is 32.2. The van der Waals surface area contributed by atoms with Gasteiger partial charge in [0.15, 0.2) is 0 Å². The Kier molecular flexibility index (Phi) is 17.1. The van der Waals surface area contributed by atoms with E-state index in [9.17, 15) is 0 Å². The minimum Gasteiger partial charge on any atom is -0.368 e. The van der Waals surface area contributed by atoms with Crippen LogP contribution in [0.4, 0.5) is 23.0 Å². The number of aromatic nitrogens is 6. The lowest BCUT2D eigenvalue weighted by atomic mass is 9.99. The third-order valence-corrected chi connectivity index (χ3v) is 17.2. The largest absolute Gasteiger partial charge is 0.368 e. The molecule has 0 saturated carbocycles. The molecule has 0 fully saturated rings. The summed E-state index contributed by atoms with van der Waals surface area (Å²) in [5.41, 5.74) is 17.4. The van der Waals surface area contributed by atoms with Gasteiger partial charge in [-0.15, -0.1) is 23.7 Å². The van der Waals surface area contributed by atoms with E-state index in [-0.39, 0.29) is 5.37 Å². The third-order valence-electron chi connectivity index (χ3n) is 14.8. The summed E-state index contributed by atoms with van der Waals surface area (Å²) in [5.74, 6) is 3.67. The number of hydrogen-bond acceptors (Lipinski definition) is 9. The average molecular weight is 1110 g/mol. The zero-order valence-corrected chi connectivity index (χ0v) is 50.0. The summed E-state index contributed by atoms with van der Waals surface area (Å²) in [4.78, 5) is 31.0. The van der Waals surface area contributed by atoms with E-state index in [0.29, 0.717) is 24.3 Å². The van der Waals surface area contributed by atoms with Crippen molar-refractivity contribution in [3.8, 4) is 34.8 Å². The Hall–Kier alpha value is -8.82. The molecular formula is C71H69N9S2. The van der Waals surface area contributed by atoms with E-state index >= 15 is 0 Å². The van der Waals surface area contributed by atoms with Crippen LogP contribution in [0.2, 0.25) is 0 Å². The Morgan fingerprint density at radius 2 is 1.59 bits per heavy atom. The average Bonchev–Trinajstić information content (AvgIpc) is 2.47. The number of aliphatic imine (C=N–C) groups is 1. The van der Waals surface area contributed by atoms with E-state index in [2.05, 4.69) is 226 Å². The van der Waals surface area contributed by atoms with Crippen LogP contribution in [0.3, 0.4) is 0 Å². The van der Waals surface area contributed by atoms with Gasteiger partial charge < -0.3 is 5.32 Å². The second-order valence-electron chi connectivity index (χ2n) is 19.9. The van der Waals surface area contributed by atoms with Crippen molar-refractivity contribution in [1.82, 2.24) is 29.1 Å². The molecule has 12 rings (SSSR count). The summed E-state index contributed by atoms with van der Waals surface area (Å²) < 4.78 is 5.56. The van der Waals surface area contributed by atoms with Crippen molar-refractivity contribution in [2.75, 3.05) is 10.2 Å². The number of nitrogens with one attached hydrogen (secondary N) is 1. The number of nitrogens with zero attached hydrogens (tertiary/aromatic N) is 8. The Bertz CT molecular complexity index is 4270. The number of allylic oxidation sites excluding steroid dienone is 12. The van der Waals surface area contributed by atoms with Crippen LogP contribution in [0.1, 0.15) is 90.6 Å². The number of para-hydroxylation sites is 1. The van der Waals surface area contributed by atoms with Gasteiger partial charge in [0.05, 0.1) is 54.4 Å². The fraction of sp³-hybridized carbons (Fsp3) is 0.197. The highest BCUT2D eigenvalue weighted by Gasteiger charge is 2.34. The van der Waals surface area contributed by atoms with Crippen LogP contribution in [0, 0.1) is 19.3 Å². The summed E-state index contributed by atoms with van der Waals surface area (Å²) in [6.45, 7) is 27.2. The second-order valence-corrected chi connectivity index (χ2v) is 22.0. The molecule has 82 heavy (non-hydrogen) atoms. The molecule has 1 unspecified atom stereocenters. The summed E-state index contributed by atoms with van der Waals surface area (Å²) >= 11 is 3.49. The van der Waals surface area contributed by atoms with Gasteiger partial charge in [-0.25, -0.2) is 4.98 Å². The standard InChI is InChI=1S/C66H59N9S2.C3H4.C2H6/c1-9-13-22-44(11-3)43(8)67-52-38-35-50-48-26-18-20-28-55(48)74(57(50)42(52)7)65-70-64(73-41(6)32-30-40(5)31-33-46-34-37-53-60(58(46)73)76-62(68-53)45(12-4)23-14-10-2)71-66(72-65)75-56-29-21-19-27-49(56)51-36-39-54-61(59(51)75)77-63(69-54)47-24-16-15-17-25-47;1-3-2;1-2/h10-17,19-25,27-32,34-39,62,68H,2,6,9,18,26,33H2,1,3-5,7-8H3;1H,2H3;1-2H3/b22-13-,23-14-,32-30-,40-31-,44-11+,45-12+,67-43?;;. The van der Waals surface area contributed by atoms with Crippen LogP contribution in [-0.2, 0) is 12.8 Å². The van der Waals surface area contributed by atoms with Gasteiger partial charge in [-0.05, 0) is 138 Å². The normalized spacial score (nSPS) is 16.4. The fourth-order valence-electron chi connectivity index (χ4n) is 10.9. The van der Waals surface area contributed by atoms with Crippen molar-refractivity contribution in [2.45, 2.75) is 98.3 Å². The molecule has 1 aliphatic carbocycles. The van der Waals surface area contributed by atoms with Crippen LogP contribution in [0.5, 0.6) is 0 Å². The highest BCUT2D eigenvalue weighted by molar-refractivity contribution is 8.00. The fourth-order valence-corrected chi connectivity index (χ4v) is 13.4. The van der Waals surface area contributed by atoms with E-state index in [1.54, 1.807) is 30.0 Å². The van der Waals surface area contributed by atoms with Crippen LogP contribution >= 0.6 is 23.1 Å². The van der Waals surface area contributed by atoms with Gasteiger partial charge in [0.1, 0.15) is 10.4 Å². The molecule has 410 valence electrons. The Labute approximate surface area is 491 Å². The number of aryl methyl sites for hydroxylation is 2. The summed E-state index contributed by atoms with van der Waals surface area (Å²) in [6.07, 6.45) is 33.7. The quantitative estimate of drug-likeness (QED) is 0.0784. The van der Waals surface area contributed by atoms with Gasteiger partial charge in [-0.2, -0.15) is 15.0 Å². The third kappa shape index (κ3) is 10.6. The van der Waals surface area contributed by atoms with Crippen molar-refractivity contribution in [2.24, 2.45) is 4.99 Å². The maximum atomic E-state index is 5.73. The molecule has 1 N–H and O–H groups in total. The zero-order chi connectivity index (χ0) is 57.6. The van der Waals surface area contributed by atoms with Crippen molar-refractivity contribution in [3.05, 3.63) is 216 Å². The molecule has 3 aliphatic rings. The number of fused-ring (bicyclic) bond motifs is 11. The molecule has 11 heteroatoms. The number of thiazole rings is 1. The monoisotopic (exact) mass is 1110 g/mol. The minimum atomic E-state index is -0.0440. The number of terminal acetylenes is 1. The molecule has 2 aliphatic heterocycles. The Morgan fingerprint density at radius 3 is 2.34 bits per heavy atom. The van der Waals surface area contributed by atoms with Crippen LogP contribution in [0.15, 0.2) is 203 Å². The van der Waals surface area contributed by atoms with Gasteiger partial charge in [0.25, 0.3) is 0 Å². The lowest BCUT2D eigenvalue weighted by Crippen LogP contribution is -2.22. The Balaban J connectivity index is 0.00000146. The van der Waals surface area contributed by atoms with Gasteiger partial charge >= 0.3 is 0 Å². The molecule has 0 saturated heterocycles. The Morgan fingerprint density at radius 1 is 0.841 bits per heavy atom. The van der Waals surface area contributed by atoms with Crippen molar-refractivity contribution < 1.29 is 0 Å². The molecule has 9 nitrogen and oxygen atoms in total. The van der Waals surface area contributed by atoms with E-state index in [1.807, 2.05) is 32.1 Å². The number of thioether (sulfide) groups is 1. The number of hydrogen-bond donors (Lipinski definition) is 1. The van der Waals surface area contributed by atoms with Crippen molar-refractivity contribution >= 4 is 101 Å². The van der Waals surface area contributed by atoms with Crippen LogP contribution < -0.4 is 10.2 Å². The maximum absolute atomic E-state index is 5.73. The van der Waals surface area contributed by atoms with Gasteiger partial charge in [-0.1, -0.05) is 173 Å². The number of rotatable bonds is 11. The molecule has 0 bridgehead atoms. The maximum Gasteiger partial charge on any atom is 0.241 e. The molecule has 0 spiro atoms. The molecular weight excluding hydrogens is 1040 g/mol. The zero-order valence-electron chi connectivity index (χ0n) is 48.4. The summed E-state index contributed by atoms with van der Waals surface area (Å²) in [5, 5.41) is 8.11. The van der Waals surface area contributed by atoms with Gasteiger partial charge in [-0.3, -0.25) is 19.0 Å². The number of anilines is 3. The lowest BCUT2D eigenvalue weighted by Gasteiger charge is -2.28. The van der Waals surface area contributed by atoms with E-state index < -0.39 is 0 Å². The predicted octanol–water partition coefficient (Wildman–Crippen LogP) is 19.4. The lowest BCUT2D eigenvalue weighted by molar-refractivity contribution is 0.850. The van der Waals surface area contributed by atoms with E-state index in [1.165, 1.54) is 5.56 Å². The first kappa shape index (κ1) is 56.5. The van der Waals surface area contributed by atoms with Crippen molar-refractivity contribution in [1.29, 1.82) is 0 Å². The minimum absolute atomic E-state index is 0.0440.